The zero-order chi connectivity index (χ0) is 12.5. The van der Waals surface area contributed by atoms with E-state index in [2.05, 4.69) is 0 Å². The first-order chi connectivity index (χ1) is 8.09. The summed E-state index contributed by atoms with van der Waals surface area (Å²) in [6, 6.07) is 6.54. The van der Waals surface area contributed by atoms with Crippen LogP contribution in [-0.2, 0) is 15.3 Å². The minimum atomic E-state index is -1.58. The maximum atomic E-state index is 11.6. The lowest BCUT2D eigenvalue weighted by molar-refractivity contribution is -0.521. The molecule has 1 aromatic rings. The van der Waals surface area contributed by atoms with Crippen molar-refractivity contribution in [2.75, 3.05) is 13.2 Å². The summed E-state index contributed by atoms with van der Waals surface area (Å²) in [5.41, 5.74) is 0.742. The number of nitrogens with zero attached hydrogens (tertiary/aromatic N) is 1. The summed E-state index contributed by atoms with van der Waals surface area (Å²) in [7, 11) is 0. The molecule has 2 rings (SSSR count). The van der Waals surface area contributed by atoms with Gasteiger partial charge in [0.1, 0.15) is 0 Å². The highest BCUT2D eigenvalue weighted by molar-refractivity contribution is 5.94. The lowest BCUT2D eigenvalue weighted by Crippen LogP contribution is -2.37. The first-order valence-corrected chi connectivity index (χ1v) is 5.17. The number of benzene rings is 1. The molecule has 0 fully saturated rings. The van der Waals surface area contributed by atoms with E-state index in [-0.39, 0.29) is 6.61 Å². The van der Waals surface area contributed by atoms with Gasteiger partial charge in [0.15, 0.2) is 0 Å². The fourth-order valence-corrected chi connectivity index (χ4v) is 1.93. The molecule has 6 nitrogen and oxygen atoms in total. The number of carbonyl (C=O) groups excluding carboxylic acids is 1. The molecule has 0 amide bonds. The van der Waals surface area contributed by atoms with Gasteiger partial charge in [-0.25, -0.2) is 4.79 Å². The van der Waals surface area contributed by atoms with E-state index >= 15 is 0 Å². The van der Waals surface area contributed by atoms with Crippen molar-refractivity contribution in [3.05, 3.63) is 45.5 Å². The smallest absolute Gasteiger partial charge is 0.341 e. The van der Waals surface area contributed by atoms with Gasteiger partial charge in [0.2, 0.25) is 0 Å². The monoisotopic (exact) mass is 237 g/mol. The van der Waals surface area contributed by atoms with Crippen LogP contribution in [0.5, 0.6) is 0 Å². The Labute approximate surface area is 97.3 Å². The second-order valence-corrected chi connectivity index (χ2v) is 3.61. The third kappa shape index (κ3) is 1.87. The second kappa shape index (κ2) is 4.14. The standard InChI is InChI=1S/C11H11NO5/c1-2-16-11(7-12(14)15)9-6-4-3-5-8(9)10(13)17-11/h3-6H,2,7H2,1H3. The minimum Gasteiger partial charge on any atom is -0.418 e. The van der Waals surface area contributed by atoms with Gasteiger partial charge in [-0.15, -0.1) is 0 Å². The molecule has 0 saturated heterocycles. The van der Waals surface area contributed by atoms with Gasteiger partial charge in [0.25, 0.3) is 6.54 Å². The Balaban J connectivity index is 2.48. The summed E-state index contributed by atoms with van der Waals surface area (Å²) in [5.74, 6) is -2.16. The van der Waals surface area contributed by atoms with E-state index in [0.29, 0.717) is 11.1 Å². The number of hydrogen-bond acceptors (Lipinski definition) is 5. The minimum absolute atomic E-state index is 0.218. The molecule has 0 aromatic heterocycles. The van der Waals surface area contributed by atoms with Crippen molar-refractivity contribution in [2.24, 2.45) is 0 Å². The van der Waals surface area contributed by atoms with E-state index in [0.717, 1.165) is 0 Å². The van der Waals surface area contributed by atoms with Crippen LogP contribution in [0.1, 0.15) is 22.8 Å². The van der Waals surface area contributed by atoms with E-state index in [1.165, 1.54) is 0 Å². The number of esters is 1. The van der Waals surface area contributed by atoms with Gasteiger partial charge in [0.05, 0.1) is 5.56 Å². The van der Waals surface area contributed by atoms with Crippen molar-refractivity contribution in [1.82, 2.24) is 0 Å². The highest BCUT2D eigenvalue weighted by Gasteiger charge is 2.50. The molecule has 1 aliphatic heterocycles. The van der Waals surface area contributed by atoms with Crippen LogP contribution in [0.4, 0.5) is 0 Å². The number of cyclic esters (lactones) is 1. The predicted molar refractivity (Wildman–Crippen MR) is 57.0 cm³/mol. The van der Waals surface area contributed by atoms with Gasteiger partial charge in [-0.2, -0.15) is 0 Å². The Bertz CT molecular complexity index is 469. The summed E-state index contributed by atoms with van der Waals surface area (Å²) in [5, 5.41) is 10.7. The second-order valence-electron chi connectivity index (χ2n) is 3.61. The Morgan fingerprint density at radius 2 is 2.18 bits per heavy atom. The van der Waals surface area contributed by atoms with Crippen LogP contribution >= 0.6 is 0 Å². The molecule has 0 radical (unpaired) electrons. The predicted octanol–water partition coefficient (Wildman–Crippen LogP) is 1.32. The fourth-order valence-electron chi connectivity index (χ4n) is 1.93. The van der Waals surface area contributed by atoms with E-state index in [1.54, 1.807) is 31.2 Å². The molecule has 0 aliphatic carbocycles. The van der Waals surface area contributed by atoms with Gasteiger partial charge in [-0.1, -0.05) is 18.2 Å². The summed E-state index contributed by atoms with van der Waals surface area (Å²) >= 11 is 0. The van der Waals surface area contributed by atoms with Crippen molar-refractivity contribution in [2.45, 2.75) is 12.7 Å². The summed E-state index contributed by atoms with van der Waals surface area (Å²) in [6.45, 7) is 1.31. The molecule has 1 heterocycles. The zero-order valence-electron chi connectivity index (χ0n) is 9.21. The quantitative estimate of drug-likeness (QED) is 0.448. The van der Waals surface area contributed by atoms with Crippen LogP contribution in [0.25, 0.3) is 0 Å². The highest BCUT2D eigenvalue weighted by Crippen LogP contribution is 2.37. The lowest BCUT2D eigenvalue weighted by Gasteiger charge is -2.23. The molecule has 6 heteroatoms. The van der Waals surface area contributed by atoms with Crippen LogP contribution < -0.4 is 0 Å². The molecule has 90 valence electrons. The van der Waals surface area contributed by atoms with Crippen LogP contribution in [0.3, 0.4) is 0 Å². The lowest BCUT2D eigenvalue weighted by atomic mass is 10.0. The van der Waals surface area contributed by atoms with Crippen molar-refractivity contribution < 1.29 is 19.2 Å². The maximum Gasteiger partial charge on any atom is 0.341 e. The fraction of sp³-hybridized carbons (Fsp3) is 0.364. The number of ether oxygens (including phenoxy) is 2. The number of fused-ring (bicyclic) bond motifs is 1. The van der Waals surface area contributed by atoms with Crippen molar-refractivity contribution in [1.29, 1.82) is 0 Å². The molecule has 1 atom stereocenters. The average molecular weight is 237 g/mol. The highest BCUT2D eigenvalue weighted by atomic mass is 16.7. The normalized spacial score (nSPS) is 22.1. The summed E-state index contributed by atoms with van der Waals surface area (Å²) in [6.07, 6.45) is 0. The molecule has 0 N–H and O–H groups in total. The van der Waals surface area contributed by atoms with Crippen LogP contribution in [0, 0.1) is 10.1 Å². The Morgan fingerprint density at radius 1 is 1.47 bits per heavy atom. The summed E-state index contributed by atoms with van der Waals surface area (Å²) < 4.78 is 10.4. The van der Waals surface area contributed by atoms with Crippen molar-refractivity contribution in [3.8, 4) is 0 Å². The number of nitro groups is 1. The third-order valence-electron chi connectivity index (χ3n) is 2.53. The molecular weight excluding hydrogens is 226 g/mol. The van der Waals surface area contributed by atoms with Crippen LogP contribution in [0.2, 0.25) is 0 Å². The largest absolute Gasteiger partial charge is 0.418 e. The summed E-state index contributed by atoms with van der Waals surface area (Å²) in [4.78, 5) is 21.7. The van der Waals surface area contributed by atoms with Gasteiger partial charge in [-0.3, -0.25) is 10.1 Å². The molecule has 0 bridgehead atoms. The first kappa shape index (κ1) is 11.5. The van der Waals surface area contributed by atoms with E-state index in [4.69, 9.17) is 9.47 Å². The SMILES string of the molecule is CCOC1(C[N+](=O)[O-])OC(=O)c2ccccc21. The van der Waals surface area contributed by atoms with Crippen LogP contribution in [-0.4, -0.2) is 24.0 Å². The zero-order valence-corrected chi connectivity index (χ0v) is 9.21. The van der Waals surface area contributed by atoms with Gasteiger partial charge < -0.3 is 9.47 Å². The Hall–Kier alpha value is -1.95. The number of hydrogen-bond donors (Lipinski definition) is 0. The van der Waals surface area contributed by atoms with Crippen molar-refractivity contribution >= 4 is 5.97 Å². The topological polar surface area (TPSA) is 78.7 Å². The third-order valence-corrected chi connectivity index (χ3v) is 2.53. The Morgan fingerprint density at radius 3 is 2.82 bits per heavy atom. The molecule has 1 unspecified atom stereocenters. The van der Waals surface area contributed by atoms with E-state index in [1.807, 2.05) is 0 Å². The Kier molecular flexibility index (Phi) is 2.81. The van der Waals surface area contributed by atoms with Crippen LogP contribution in [0.15, 0.2) is 24.3 Å². The molecular formula is C11H11NO5. The average Bonchev–Trinajstić information content (AvgIpc) is 2.53. The molecule has 1 aliphatic rings. The van der Waals surface area contributed by atoms with E-state index < -0.39 is 23.2 Å². The van der Waals surface area contributed by atoms with Gasteiger partial charge in [-0.05, 0) is 13.0 Å². The van der Waals surface area contributed by atoms with Gasteiger partial charge >= 0.3 is 11.8 Å². The molecule has 17 heavy (non-hydrogen) atoms. The molecule has 0 saturated carbocycles. The van der Waals surface area contributed by atoms with E-state index in [9.17, 15) is 14.9 Å². The number of rotatable bonds is 4. The number of carbonyl (C=O) groups is 1. The van der Waals surface area contributed by atoms with Gasteiger partial charge in [0, 0.05) is 17.1 Å². The molecule has 1 aromatic carbocycles. The van der Waals surface area contributed by atoms with Crippen molar-refractivity contribution in [3.63, 3.8) is 0 Å². The first-order valence-electron chi connectivity index (χ1n) is 5.17. The molecule has 0 spiro atoms. The maximum absolute atomic E-state index is 11.6.